The number of imidazole rings is 1. The zero-order valence-electron chi connectivity index (χ0n) is 13.5. The van der Waals surface area contributed by atoms with Crippen LogP contribution in [0.25, 0.3) is 0 Å². The molecule has 0 aliphatic carbocycles. The van der Waals surface area contributed by atoms with Gasteiger partial charge in [0.1, 0.15) is 5.82 Å². The lowest BCUT2D eigenvalue weighted by atomic mass is 10.0. The molecule has 2 aromatic heterocycles. The molecular formula is C17H21N5O2. The zero-order valence-corrected chi connectivity index (χ0v) is 13.5. The number of amides is 2. The molecule has 0 fully saturated rings. The van der Waals surface area contributed by atoms with E-state index in [9.17, 15) is 9.59 Å². The maximum Gasteiger partial charge on any atom is 0.317 e. The Hall–Kier alpha value is -2.57. The van der Waals surface area contributed by atoms with Crippen LogP contribution in [0.15, 0.2) is 29.3 Å². The molecular weight excluding hydrogens is 306 g/mol. The molecule has 4 rings (SSSR count). The summed E-state index contributed by atoms with van der Waals surface area (Å²) < 4.78 is 2.18. The number of aryl methyl sites for hydroxylation is 1. The van der Waals surface area contributed by atoms with Crippen LogP contribution in [0.5, 0.6) is 0 Å². The Labute approximate surface area is 139 Å². The second kappa shape index (κ2) is 6.14. The lowest BCUT2D eigenvalue weighted by Crippen LogP contribution is -2.45. The second-order valence-corrected chi connectivity index (χ2v) is 6.48. The number of fused-ring (bicyclic) bond motifs is 2. The summed E-state index contributed by atoms with van der Waals surface area (Å²) in [5, 5.41) is 3.06. The van der Waals surface area contributed by atoms with Gasteiger partial charge < -0.3 is 19.8 Å². The summed E-state index contributed by atoms with van der Waals surface area (Å²) in [5.74, 6) is 1.11. The van der Waals surface area contributed by atoms with Crippen LogP contribution >= 0.6 is 0 Å². The van der Waals surface area contributed by atoms with Crippen molar-refractivity contribution in [3.05, 3.63) is 52.0 Å². The molecule has 0 saturated carbocycles. The number of urea groups is 1. The van der Waals surface area contributed by atoms with Crippen LogP contribution in [0, 0.1) is 0 Å². The fourth-order valence-electron chi connectivity index (χ4n) is 3.65. The zero-order chi connectivity index (χ0) is 16.5. The first-order chi connectivity index (χ1) is 11.7. The number of aromatic amines is 1. The van der Waals surface area contributed by atoms with Gasteiger partial charge in [0.2, 0.25) is 5.56 Å². The summed E-state index contributed by atoms with van der Waals surface area (Å²) in [6.45, 7) is 1.79. The predicted molar refractivity (Wildman–Crippen MR) is 88.8 cm³/mol. The third kappa shape index (κ3) is 2.81. The topological polar surface area (TPSA) is 83.0 Å². The van der Waals surface area contributed by atoms with Crippen LogP contribution < -0.4 is 10.9 Å². The van der Waals surface area contributed by atoms with Crippen molar-refractivity contribution in [3.63, 3.8) is 0 Å². The number of nitrogens with one attached hydrogen (secondary N) is 2. The van der Waals surface area contributed by atoms with Crippen molar-refractivity contribution in [1.82, 2.24) is 24.8 Å². The van der Waals surface area contributed by atoms with Crippen LogP contribution in [0.2, 0.25) is 0 Å². The fraction of sp³-hybridized carbons (Fsp3) is 0.471. The largest absolute Gasteiger partial charge is 0.336 e. The molecule has 2 aromatic rings. The van der Waals surface area contributed by atoms with Gasteiger partial charge in [-0.25, -0.2) is 9.78 Å². The quantitative estimate of drug-likeness (QED) is 0.870. The monoisotopic (exact) mass is 327 g/mol. The van der Waals surface area contributed by atoms with Crippen LogP contribution in [0.3, 0.4) is 0 Å². The van der Waals surface area contributed by atoms with Crippen LogP contribution in [-0.4, -0.2) is 38.6 Å². The van der Waals surface area contributed by atoms with E-state index in [2.05, 4.69) is 19.9 Å². The van der Waals surface area contributed by atoms with E-state index in [1.165, 1.54) is 6.07 Å². The Balaban J connectivity index is 1.38. The van der Waals surface area contributed by atoms with Gasteiger partial charge in [-0.15, -0.1) is 0 Å². The number of carbonyl (C=O) groups excluding carboxylic acids is 1. The third-order valence-corrected chi connectivity index (χ3v) is 4.95. The van der Waals surface area contributed by atoms with Gasteiger partial charge in [0.25, 0.3) is 0 Å². The van der Waals surface area contributed by atoms with E-state index in [1.807, 2.05) is 18.5 Å². The van der Waals surface area contributed by atoms with E-state index < -0.39 is 0 Å². The number of aromatic nitrogens is 3. The molecule has 126 valence electrons. The molecule has 2 aliphatic heterocycles. The lowest BCUT2D eigenvalue weighted by Gasteiger charge is -2.30. The number of nitrogens with zero attached hydrogens (tertiary/aromatic N) is 3. The van der Waals surface area contributed by atoms with Gasteiger partial charge in [0.05, 0.1) is 6.04 Å². The highest BCUT2D eigenvalue weighted by atomic mass is 16.2. The molecule has 0 saturated heterocycles. The SMILES string of the molecule is O=C(NCC1CCCc2nccn21)N1CCc2[nH]c(=O)ccc2C1. The number of hydrogen-bond donors (Lipinski definition) is 2. The first-order valence-electron chi connectivity index (χ1n) is 8.46. The van der Waals surface area contributed by atoms with Gasteiger partial charge in [-0.05, 0) is 18.4 Å². The number of carbonyl (C=O) groups is 1. The maximum absolute atomic E-state index is 12.5. The minimum Gasteiger partial charge on any atom is -0.336 e. The summed E-state index contributed by atoms with van der Waals surface area (Å²) in [6.07, 6.45) is 7.71. The van der Waals surface area contributed by atoms with Crippen molar-refractivity contribution in [2.75, 3.05) is 13.1 Å². The molecule has 2 amide bonds. The summed E-state index contributed by atoms with van der Waals surface area (Å²) in [7, 11) is 0. The van der Waals surface area contributed by atoms with E-state index in [0.717, 1.165) is 36.3 Å². The summed E-state index contributed by atoms with van der Waals surface area (Å²) in [4.78, 5) is 32.9. The number of rotatable bonds is 2. The van der Waals surface area contributed by atoms with Crippen molar-refractivity contribution in [2.45, 2.75) is 38.3 Å². The van der Waals surface area contributed by atoms with Gasteiger partial charge in [-0.1, -0.05) is 6.07 Å². The lowest BCUT2D eigenvalue weighted by molar-refractivity contribution is 0.189. The highest BCUT2D eigenvalue weighted by molar-refractivity contribution is 5.74. The number of hydrogen-bond acceptors (Lipinski definition) is 3. The molecule has 2 N–H and O–H groups in total. The molecule has 4 heterocycles. The average molecular weight is 327 g/mol. The summed E-state index contributed by atoms with van der Waals surface area (Å²) >= 11 is 0. The smallest absolute Gasteiger partial charge is 0.317 e. The number of H-pyrrole nitrogens is 1. The molecule has 1 atom stereocenters. The normalized spacial score (nSPS) is 19.5. The molecule has 0 aromatic carbocycles. The first kappa shape index (κ1) is 15.0. The molecule has 1 unspecified atom stereocenters. The Morgan fingerprint density at radius 2 is 2.29 bits per heavy atom. The Morgan fingerprint density at radius 1 is 1.38 bits per heavy atom. The van der Waals surface area contributed by atoms with Crippen molar-refractivity contribution >= 4 is 6.03 Å². The van der Waals surface area contributed by atoms with E-state index >= 15 is 0 Å². The summed E-state index contributed by atoms with van der Waals surface area (Å²) in [6, 6.07) is 3.57. The van der Waals surface area contributed by atoms with Gasteiger partial charge >= 0.3 is 6.03 Å². The standard InChI is InChI=1S/C17H21N5O2/c23-16-5-4-12-11-21(8-6-14(12)20-16)17(24)19-10-13-2-1-3-15-18-7-9-22(13)15/h4-5,7,9,13H,1-3,6,8,10-11H2,(H,19,24)(H,20,23). The third-order valence-electron chi connectivity index (χ3n) is 4.95. The minimum atomic E-state index is -0.0833. The van der Waals surface area contributed by atoms with Crippen molar-refractivity contribution in [1.29, 1.82) is 0 Å². The highest BCUT2D eigenvalue weighted by Crippen LogP contribution is 2.23. The van der Waals surface area contributed by atoms with Gasteiger partial charge in [0.15, 0.2) is 0 Å². The van der Waals surface area contributed by atoms with Crippen molar-refractivity contribution in [2.24, 2.45) is 0 Å². The molecule has 0 spiro atoms. The van der Waals surface area contributed by atoms with E-state index in [0.29, 0.717) is 26.1 Å². The van der Waals surface area contributed by atoms with E-state index in [4.69, 9.17) is 0 Å². The predicted octanol–water partition coefficient (Wildman–Crippen LogP) is 1.22. The average Bonchev–Trinajstić information content (AvgIpc) is 3.08. The maximum atomic E-state index is 12.5. The number of pyridine rings is 1. The minimum absolute atomic E-state index is 0.0425. The fourth-order valence-corrected chi connectivity index (χ4v) is 3.65. The van der Waals surface area contributed by atoms with E-state index in [1.54, 1.807) is 4.90 Å². The highest BCUT2D eigenvalue weighted by Gasteiger charge is 2.24. The van der Waals surface area contributed by atoms with Crippen LogP contribution in [0.4, 0.5) is 4.79 Å². The van der Waals surface area contributed by atoms with Crippen LogP contribution in [-0.2, 0) is 19.4 Å². The van der Waals surface area contributed by atoms with Gasteiger partial charge in [0, 0.05) is 56.6 Å². The Kier molecular flexibility index (Phi) is 3.84. The second-order valence-electron chi connectivity index (χ2n) is 6.48. The van der Waals surface area contributed by atoms with Gasteiger partial charge in [-0.2, -0.15) is 0 Å². The molecule has 2 aliphatic rings. The Bertz CT molecular complexity index is 809. The molecule has 24 heavy (non-hydrogen) atoms. The molecule has 7 nitrogen and oxygen atoms in total. The Morgan fingerprint density at radius 3 is 3.21 bits per heavy atom. The first-order valence-corrected chi connectivity index (χ1v) is 8.46. The van der Waals surface area contributed by atoms with Crippen molar-refractivity contribution in [3.8, 4) is 0 Å². The van der Waals surface area contributed by atoms with Crippen LogP contribution in [0.1, 0.15) is 36.0 Å². The summed E-state index contributed by atoms with van der Waals surface area (Å²) in [5.41, 5.74) is 1.88. The molecule has 0 radical (unpaired) electrons. The van der Waals surface area contributed by atoms with Gasteiger partial charge in [-0.3, -0.25) is 4.79 Å². The molecule has 7 heteroatoms. The van der Waals surface area contributed by atoms with E-state index in [-0.39, 0.29) is 17.6 Å². The molecule has 0 bridgehead atoms. The van der Waals surface area contributed by atoms with Crippen molar-refractivity contribution < 1.29 is 4.79 Å².